The van der Waals surface area contributed by atoms with E-state index in [0.29, 0.717) is 5.76 Å². The summed E-state index contributed by atoms with van der Waals surface area (Å²) in [5, 5.41) is 6.42. The molecule has 6 nitrogen and oxygen atoms in total. The van der Waals surface area contributed by atoms with E-state index in [2.05, 4.69) is 10.5 Å². The highest BCUT2D eigenvalue weighted by Crippen LogP contribution is 2.27. The lowest BCUT2D eigenvalue weighted by Crippen LogP contribution is -2.43. The second kappa shape index (κ2) is 6.54. The number of rotatable bonds is 5. The summed E-state index contributed by atoms with van der Waals surface area (Å²) in [5.41, 5.74) is 0.222. The fraction of sp³-hybridized carbons (Fsp3) is 0.643. The number of hydrogen-bond acceptors (Lipinski definition) is 5. The molecular formula is C14H22N2O4. The van der Waals surface area contributed by atoms with Crippen molar-refractivity contribution in [3.63, 3.8) is 0 Å². The van der Waals surface area contributed by atoms with Gasteiger partial charge in [-0.15, -0.1) is 0 Å². The molecule has 1 amide bonds. The second-order valence-corrected chi connectivity index (χ2v) is 5.70. The van der Waals surface area contributed by atoms with Crippen molar-refractivity contribution in [2.45, 2.75) is 41.2 Å². The fourth-order valence-corrected chi connectivity index (χ4v) is 1.86. The minimum absolute atomic E-state index is 0.200. The smallest absolute Gasteiger partial charge is 0.319 e. The van der Waals surface area contributed by atoms with Gasteiger partial charge in [-0.2, -0.15) is 0 Å². The van der Waals surface area contributed by atoms with E-state index in [0.717, 1.165) is 5.69 Å². The van der Waals surface area contributed by atoms with Gasteiger partial charge in [0.05, 0.1) is 18.8 Å². The van der Waals surface area contributed by atoms with Gasteiger partial charge in [0.25, 0.3) is 0 Å². The van der Waals surface area contributed by atoms with Crippen molar-refractivity contribution in [3.05, 3.63) is 17.5 Å². The first kappa shape index (κ1) is 16.2. The SMILES string of the molecule is CCOC(=O)C(C(=O)NCc1cc(C)no1)C(C)(C)C. The molecule has 1 aromatic rings. The van der Waals surface area contributed by atoms with Crippen LogP contribution in [0, 0.1) is 18.3 Å². The molecule has 1 rings (SSSR count). The van der Waals surface area contributed by atoms with Crippen molar-refractivity contribution in [2.75, 3.05) is 6.61 Å². The van der Waals surface area contributed by atoms with Crippen molar-refractivity contribution in [3.8, 4) is 0 Å². The molecule has 0 saturated heterocycles. The van der Waals surface area contributed by atoms with E-state index in [1.54, 1.807) is 19.9 Å². The molecule has 0 aromatic carbocycles. The van der Waals surface area contributed by atoms with E-state index in [4.69, 9.17) is 9.26 Å². The molecule has 112 valence electrons. The minimum Gasteiger partial charge on any atom is -0.465 e. The van der Waals surface area contributed by atoms with E-state index in [1.807, 2.05) is 20.8 Å². The van der Waals surface area contributed by atoms with Crippen LogP contribution in [0.2, 0.25) is 0 Å². The van der Waals surface area contributed by atoms with Crippen LogP contribution < -0.4 is 5.32 Å². The van der Waals surface area contributed by atoms with Crippen LogP contribution >= 0.6 is 0 Å². The zero-order valence-corrected chi connectivity index (χ0v) is 12.6. The lowest BCUT2D eigenvalue weighted by molar-refractivity contribution is -0.156. The Balaban J connectivity index is 2.71. The maximum absolute atomic E-state index is 12.2. The maximum atomic E-state index is 12.2. The van der Waals surface area contributed by atoms with Gasteiger partial charge < -0.3 is 14.6 Å². The number of aromatic nitrogens is 1. The molecule has 1 heterocycles. The molecule has 0 radical (unpaired) electrons. The van der Waals surface area contributed by atoms with Crippen LogP contribution in [0.3, 0.4) is 0 Å². The predicted octanol–water partition coefficient (Wildman–Crippen LogP) is 1.82. The van der Waals surface area contributed by atoms with Gasteiger partial charge in [-0.05, 0) is 19.3 Å². The van der Waals surface area contributed by atoms with Gasteiger partial charge in [0, 0.05) is 6.07 Å². The Hall–Kier alpha value is -1.85. The fourth-order valence-electron chi connectivity index (χ4n) is 1.86. The molecule has 1 atom stereocenters. The molecule has 0 aliphatic heterocycles. The number of carbonyl (C=O) groups is 2. The summed E-state index contributed by atoms with van der Waals surface area (Å²) in [6, 6.07) is 1.73. The summed E-state index contributed by atoms with van der Waals surface area (Å²) >= 11 is 0. The Bertz CT molecular complexity index is 474. The number of hydrogen-bond donors (Lipinski definition) is 1. The Kier molecular flexibility index (Phi) is 5.30. The van der Waals surface area contributed by atoms with E-state index in [9.17, 15) is 9.59 Å². The third-order valence-corrected chi connectivity index (χ3v) is 2.76. The monoisotopic (exact) mass is 282 g/mol. The number of carbonyl (C=O) groups excluding carboxylic acids is 2. The minimum atomic E-state index is -0.855. The number of aryl methyl sites for hydroxylation is 1. The normalized spacial score (nSPS) is 12.8. The van der Waals surface area contributed by atoms with Gasteiger partial charge in [0.1, 0.15) is 5.92 Å². The van der Waals surface area contributed by atoms with Crippen LogP contribution in [-0.4, -0.2) is 23.6 Å². The first-order chi connectivity index (χ1) is 9.25. The maximum Gasteiger partial charge on any atom is 0.319 e. The van der Waals surface area contributed by atoms with Crippen molar-refractivity contribution in [1.82, 2.24) is 10.5 Å². The molecule has 6 heteroatoms. The summed E-state index contributed by atoms with van der Waals surface area (Å²) in [7, 11) is 0. The molecule has 0 fully saturated rings. The number of ether oxygens (including phenoxy) is 1. The van der Waals surface area contributed by atoms with Gasteiger partial charge in [-0.25, -0.2) is 0 Å². The van der Waals surface area contributed by atoms with Gasteiger partial charge in [0.2, 0.25) is 5.91 Å². The Labute approximate surface area is 118 Å². The Morgan fingerprint density at radius 2 is 2.10 bits per heavy atom. The van der Waals surface area contributed by atoms with Gasteiger partial charge >= 0.3 is 5.97 Å². The van der Waals surface area contributed by atoms with E-state index < -0.39 is 17.3 Å². The van der Waals surface area contributed by atoms with Crippen molar-refractivity contribution in [2.24, 2.45) is 11.3 Å². The lowest BCUT2D eigenvalue weighted by atomic mass is 9.80. The Morgan fingerprint density at radius 3 is 2.55 bits per heavy atom. The molecule has 0 aliphatic carbocycles. The third kappa shape index (κ3) is 4.36. The van der Waals surface area contributed by atoms with Gasteiger partial charge in [-0.1, -0.05) is 25.9 Å². The summed E-state index contributed by atoms with van der Waals surface area (Å²) < 4.78 is 9.98. The van der Waals surface area contributed by atoms with Crippen LogP contribution in [-0.2, 0) is 20.9 Å². The first-order valence-corrected chi connectivity index (χ1v) is 6.62. The molecule has 1 N–H and O–H groups in total. The number of esters is 1. The quantitative estimate of drug-likeness (QED) is 0.658. The lowest BCUT2D eigenvalue weighted by Gasteiger charge is -2.27. The molecule has 20 heavy (non-hydrogen) atoms. The van der Waals surface area contributed by atoms with Crippen molar-refractivity contribution < 1.29 is 18.8 Å². The molecule has 0 spiro atoms. The van der Waals surface area contributed by atoms with Crippen LogP contribution in [0.25, 0.3) is 0 Å². The second-order valence-electron chi connectivity index (χ2n) is 5.70. The summed E-state index contributed by atoms with van der Waals surface area (Å²) in [6.07, 6.45) is 0. The van der Waals surface area contributed by atoms with Gasteiger partial charge in [0.15, 0.2) is 5.76 Å². The summed E-state index contributed by atoms with van der Waals surface area (Å²) in [4.78, 5) is 24.1. The summed E-state index contributed by atoms with van der Waals surface area (Å²) in [6.45, 7) is 9.44. The van der Waals surface area contributed by atoms with E-state index >= 15 is 0 Å². The first-order valence-electron chi connectivity index (χ1n) is 6.62. The summed E-state index contributed by atoms with van der Waals surface area (Å²) in [5.74, 6) is -1.19. The van der Waals surface area contributed by atoms with Crippen LogP contribution in [0.1, 0.15) is 39.1 Å². The van der Waals surface area contributed by atoms with Crippen molar-refractivity contribution in [1.29, 1.82) is 0 Å². The number of amides is 1. The van der Waals surface area contributed by atoms with E-state index in [1.165, 1.54) is 0 Å². The predicted molar refractivity (Wildman–Crippen MR) is 72.7 cm³/mol. The van der Waals surface area contributed by atoms with Gasteiger partial charge in [-0.3, -0.25) is 9.59 Å². The molecule has 1 aromatic heterocycles. The average Bonchev–Trinajstić information content (AvgIpc) is 2.71. The van der Waals surface area contributed by atoms with Crippen LogP contribution in [0.15, 0.2) is 10.6 Å². The highest BCUT2D eigenvalue weighted by Gasteiger charge is 2.38. The average molecular weight is 282 g/mol. The standard InChI is InChI=1S/C14H22N2O4/c1-6-19-13(18)11(14(3,4)5)12(17)15-8-10-7-9(2)16-20-10/h7,11H,6,8H2,1-5H3,(H,15,17). The van der Waals surface area contributed by atoms with Crippen molar-refractivity contribution >= 4 is 11.9 Å². The molecule has 1 unspecified atom stereocenters. The molecule has 0 aliphatic rings. The zero-order valence-electron chi connectivity index (χ0n) is 12.6. The third-order valence-electron chi connectivity index (χ3n) is 2.76. The zero-order chi connectivity index (χ0) is 15.3. The van der Waals surface area contributed by atoms with Crippen LogP contribution in [0.4, 0.5) is 0 Å². The molecule has 0 bridgehead atoms. The topological polar surface area (TPSA) is 81.4 Å². The van der Waals surface area contributed by atoms with E-state index in [-0.39, 0.29) is 19.1 Å². The van der Waals surface area contributed by atoms with Crippen LogP contribution in [0.5, 0.6) is 0 Å². The number of nitrogens with one attached hydrogen (secondary N) is 1. The largest absolute Gasteiger partial charge is 0.465 e. The highest BCUT2D eigenvalue weighted by atomic mass is 16.5. The Morgan fingerprint density at radius 1 is 1.45 bits per heavy atom. The molecule has 0 saturated carbocycles. The highest BCUT2D eigenvalue weighted by molar-refractivity contribution is 5.98. The molecular weight excluding hydrogens is 260 g/mol. The number of nitrogens with zero attached hydrogens (tertiary/aromatic N) is 1.